The molecule has 1 aromatic heterocycles. The van der Waals surface area contributed by atoms with Gasteiger partial charge in [0.2, 0.25) is 0 Å². The van der Waals surface area contributed by atoms with Gasteiger partial charge in [-0.1, -0.05) is 6.42 Å². The Morgan fingerprint density at radius 3 is 2.70 bits per heavy atom. The van der Waals surface area contributed by atoms with Crippen molar-refractivity contribution >= 4 is 5.91 Å². The van der Waals surface area contributed by atoms with E-state index < -0.39 is 0 Å². The van der Waals surface area contributed by atoms with Gasteiger partial charge in [0, 0.05) is 24.5 Å². The number of hydrogen-bond acceptors (Lipinski definition) is 3. The molecule has 4 nitrogen and oxygen atoms in total. The standard InChI is InChI=1S/C16H23N3O/c1-10-5-6-18-9-14(10)16(20)19-15-11-3-2-4-12(15)8-13(17)7-11/h5-6,9,11-13,15H,2-4,7-8,17H2,1H3,(H,19,20). The van der Waals surface area contributed by atoms with E-state index in [1.165, 1.54) is 19.3 Å². The first-order valence-corrected chi connectivity index (χ1v) is 7.62. The van der Waals surface area contributed by atoms with Gasteiger partial charge in [-0.3, -0.25) is 9.78 Å². The maximum absolute atomic E-state index is 12.5. The Kier molecular flexibility index (Phi) is 3.74. The van der Waals surface area contributed by atoms with Crippen molar-refractivity contribution in [1.29, 1.82) is 0 Å². The average molecular weight is 273 g/mol. The molecule has 108 valence electrons. The summed E-state index contributed by atoms with van der Waals surface area (Å²) in [6.07, 6.45) is 9.15. The van der Waals surface area contributed by atoms with E-state index in [1.807, 2.05) is 13.0 Å². The highest BCUT2D eigenvalue weighted by molar-refractivity contribution is 5.95. The van der Waals surface area contributed by atoms with Crippen LogP contribution >= 0.6 is 0 Å². The van der Waals surface area contributed by atoms with Gasteiger partial charge in [0.1, 0.15) is 0 Å². The molecule has 0 saturated heterocycles. The number of carbonyl (C=O) groups excluding carboxylic acids is 1. The van der Waals surface area contributed by atoms with Crippen LogP contribution in [-0.2, 0) is 0 Å². The van der Waals surface area contributed by atoms with Gasteiger partial charge >= 0.3 is 0 Å². The first kappa shape index (κ1) is 13.6. The third-order valence-electron chi connectivity index (χ3n) is 4.96. The molecule has 2 saturated carbocycles. The molecule has 2 atom stereocenters. The van der Waals surface area contributed by atoms with Gasteiger partial charge in [-0.2, -0.15) is 0 Å². The minimum absolute atomic E-state index is 0.0213. The topological polar surface area (TPSA) is 68.0 Å². The van der Waals surface area contributed by atoms with E-state index in [2.05, 4.69) is 10.3 Å². The summed E-state index contributed by atoms with van der Waals surface area (Å²) in [6.45, 7) is 1.95. The van der Waals surface area contributed by atoms with Gasteiger partial charge in [-0.05, 0) is 56.1 Å². The molecule has 1 amide bonds. The first-order chi connectivity index (χ1) is 9.65. The van der Waals surface area contributed by atoms with Crippen LogP contribution in [0, 0.1) is 18.8 Å². The quantitative estimate of drug-likeness (QED) is 0.866. The van der Waals surface area contributed by atoms with Crippen molar-refractivity contribution in [3.8, 4) is 0 Å². The summed E-state index contributed by atoms with van der Waals surface area (Å²) in [5.41, 5.74) is 7.81. The zero-order valence-corrected chi connectivity index (χ0v) is 12.0. The van der Waals surface area contributed by atoms with Gasteiger partial charge in [0.25, 0.3) is 5.91 Å². The van der Waals surface area contributed by atoms with Gasteiger partial charge in [0.05, 0.1) is 5.56 Å². The molecule has 3 rings (SSSR count). The summed E-state index contributed by atoms with van der Waals surface area (Å²) in [6, 6.07) is 2.50. The van der Waals surface area contributed by atoms with E-state index in [0.717, 1.165) is 18.4 Å². The average Bonchev–Trinajstić information content (AvgIpc) is 2.40. The fourth-order valence-corrected chi connectivity index (χ4v) is 3.96. The maximum atomic E-state index is 12.5. The van der Waals surface area contributed by atoms with Crippen LogP contribution in [0.15, 0.2) is 18.5 Å². The molecule has 2 aliphatic carbocycles. The largest absolute Gasteiger partial charge is 0.349 e. The van der Waals surface area contributed by atoms with E-state index in [1.54, 1.807) is 12.4 Å². The zero-order chi connectivity index (χ0) is 14.1. The Bertz CT molecular complexity index is 488. The van der Waals surface area contributed by atoms with Crippen molar-refractivity contribution in [2.75, 3.05) is 0 Å². The third kappa shape index (κ3) is 2.57. The van der Waals surface area contributed by atoms with Crippen LogP contribution in [-0.4, -0.2) is 23.0 Å². The Labute approximate surface area is 120 Å². The van der Waals surface area contributed by atoms with Crippen LogP contribution in [0.1, 0.15) is 48.0 Å². The number of aromatic nitrogens is 1. The molecule has 0 spiro atoms. The lowest BCUT2D eigenvalue weighted by Gasteiger charge is -2.45. The van der Waals surface area contributed by atoms with Crippen LogP contribution in [0.5, 0.6) is 0 Å². The van der Waals surface area contributed by atoms with Gasteiger partial charge in [0.15, 0.2) is 0 Å². The molecule has 2 unspecified atom stereocenters. The summed E-state index contributed by atoms with van der Waals surface area (Å²) < 4.78 is 0. The SMILES string of the molecule is Cc1ccncc1C(=O)NC1C2CCCC1CC(N)C2. The molecule has 0 aliphatic heterocycles. The predicted molar refractivity (Wildman–Crippen MR) is 78.3 cm³/mol. The van der Waals surface area contributed by atoms with E-state index in [0.29, 0.717) is 29.5 Å². The Morgan fingerprint density at radius 1 is 1.35 bits per heavy atom. The second-order valence-corrected chi connectivity index (χ2v) is 6.37. The summed E-state index contributed by atoms with van der Waals surface area (Å²) in [7, 11) is 0. The molecule has 4 heteroatoms. The fourth-order valence-electron chi connectivity index (χ4n) is 3.96. The highest BCUT2D eigenvalue weighted by Gasteiger charge is 2.40. The van der Waals surface area contributed by atoms with E-state index >= 15 is 0 Å². The molecular formula is C16H23N3O. The summed E-state index contributed by atoms with van der Waals surface area (Å²) in [5, 5.41) is 3.26. The maximum Gasteiger partial charge on any atom is 0.253 e. The number of carbonyl (C=O) groups is 1. The number of aryl methyl sites for hydroxylation is 1. The lowest BCUT2D eigenvalue weighted by Crippen LogP contribution is -2.53. The smallest absolute Gasteiger partial charge is 0.253 e. The van der Waals surface area contributed by atoms with Gasteiger partial charge in [-0.15, -0.1) is 0 Å². The van der Waals surface area contributed by atoms with Crippen LogP contribution in [0.2, 0.25) is 0 Å². The molecule has 0 radical (unpaired) electrons. The highest BCUT2D eigenvalue weighted by atomic mass is 16.1. The predicted octanol–water partition coefficient (Wildman–Crippen LogP) is 2.03. The van der Waals surface area contributed by atoms with Gasteiger partial charge in [-0.25, -0.2) is 0 Å². The van der Waals surface area contributed by atoms with Crippen LogP contribution in [0.25, 0.3) is 0 Å². The second kappa shape index (κ2) is 5.52. The number of amides is 1. The molecule has 2 aliphatic rings. The minimum atomic E-state index is 0.0213. The molecule has 2 fully saturated rings. The fraction of sp³-hybridized carbons (Fsp3) is 0.625. The summed E-state index contributed by atoms with van der Waals surface area (Å²) in [5.74, 6) is 1.13. The van der Waals surface area contributed by atoms with Crippen molar-refractivity contribution < 1.29 is 4.79 Å². The Hall–Kier alpha value is -1.42. The van der Waals surface area contributed by atoms with E-state index in [4.69, 9.17) is 5.73 Å². The second-order valence-electron chi connectivity index (χ2n) is 6.37. The Morgan fingerprint density at radius 2 is 2.05 bits per heavy atom. The number of hydrogen-bond donors (Lipinski definition) is 2. The zero-order valence-electron chi connectivity index (χ0n) is 12.0. The van der Waals surface area contributed by atoms with Crippen molar-refractivity contribution in [1.82, 2.24) is 10.3 Å². The van der Waals surface area contributed by atoms with Crippen LogP contribution in [0.4, 0.5) is 0 Å². The van der Waals surface area contributed by atoms with Crippen LogP contribution < -0.4 is 11.1 Å². The molecule has 1 aromatic rings. The van der Waals surface area contributed by atoms with Gasteiger partial charge < -0.3 is 11.1 Å². The first-order valence-electron chi connectivity index (χ1n) is 7.62. The van der Waals surface area contributed by atoms with Crippen molar-refractivity contribution in [2.24, 2.45) is 17.6 Å². The summed E-state index contributed by atoms with van der Waals surface area (Å²) in [4.78, 5) is 16.5. The Balaban J connectivity index is 1.74. The van der Waals surface area contributed by atoms with E-state index in [9.17, 15) is 4.79 Å². The van der Waals surface area contributed by atoms with Crippen molar-refractivity contribution in [3.05, 3.63) is 29.6 Å². The minimum Gasteiger partial charge on any atom is -0.349 e. The normalized spacial score (nSPS) is 32.7. The molecule has 1 heterocycles. The third-order valence-corrected chi connectivity index (χ3v) is 4.96. The number of fused-ring (bicyclic) bond motifs is 2. The number of nitrogens with zero attached hydrogens (tertiary/aromatic N) is 1. The lowest BCUT2D eigenvalue weighted by molar-refractivity contribution is 0.0755. The highest BCUT2D eigenvalue weighted by Crippen LogP contribution is 2.39. The molecule has 2 bridgehead atoms. The van der Waals surface area contributed by atoms with E-state index in [-0.39, 0.29) is 5.91 Å². The lowest BCUT2D eigenvalue weighted by atomic mass is 9.67. The van der Waals surface area contributed by atoms with Crippen LogP contribution in [0.3, 0.4) is 0 Å². The van der Waals surface area contributed by atoms with Crippen molar-refractivity contribution in [2.45, 2.75) is 51.1 Å². The number of nitrogens with one attached hydrogen (secondary N) is 1. The number of nitrogens with two attached hydrogens (primary N) is 1. The number of pyridine rings is 1. The summed E-state index contributed by atoms with van der Waals surface area (Å²) >= 11 is 0. The molecular weight excluding hydrogens is 250 g/mol. The molecule has 3 N–H and O–H groups in total. The van der Waals surface area contributed by atoms with Crippen molar-refractivity contribution in [3.63, 3.8) is 0 Å². The monoisotopic (exact) mass is 273 g/mol. The molecule has 20 heavy (non-hydrogen) atoms. The number of rotatable bonds is 2. The molecule has 0 aromatic carbocycles.